The van der Waals surface area contributed by atoms with Gasteiger partial charge < -0.3 is 10.5 Å². The Labute approximate surface area is 192 Å². The molecule has 0 aliphatic rings. The Bertz CT molecular complexity index is 1170. The highest BCUT2D eigenvalue weighted by Gasteiger charge is 2.21. The number of carbonyl (C=O) groups is 2. The van der Waals surface area contributed by atoms with E-state index >= 15 is 0 Å². The maximum Gasteiger partial charge on any atom is 0.345 e. The molecule has 0 spiro atoms. The number of carbonyl (C=O) groups excluding carboxylic acids is 2. The molecule has 1 atom stereocenters. The largest absolute Gasteiger partial charge is 0.389 e. The third-order valence-electron chi connectivity index (χ3n) is 4.82. The predicted octanol–water partition coefficient (Wildman–Crippen LogP) is 2.59. The van der Waals surface area contributed by atoms with Gasteiger partial charge in [0, 0.05) is 12.4 Å². The number of nitrogens with two attached hydrogens (primary N) is 1. The van der Waals surface area contributed by atoms with E-state index < -0.39 is 34.5 Å². The first kappa shape index (κ1) is 24.2. The van der Waals surface area contributed by atoms with E-state index in [4.69, 9.17) is 10.5 Å². The number of sulfonamides is 1. The Morgan fingerprint density at radius 2 is 1.52 bits per heavy atom. The predicted molar refractivity (Wildman–Crippen MR) is 122 cm³/mol. The molecule has 0 unspecified atom stereocenters. The summed E-state index contributed by atoms with van der Waals surface area (Å²) in [4.78, 5) is 28.3. The molecule has 0 aliphatic carbocycles. The van der Waals surface area contributed by atoms with E-state index in [1.54, 1.807) is 42.7 Å². The van der Waals surface area contributed by atoms with Crippen LogP contribution in [0.2, 0.25) is 0 Å². The minimum atomic E-state index is -3.89. The highest BCUT2D eigenvalue weighted by Crippen LogP contribution is 2.12. The molecule has 8 nitrogen and oxygen atoms in total. The third kappa shape index (κ3) is 7.60. The molecule has 0 saturated heterocycles. The second-order valence-electron chi connectivity index (χ2n) is 7.41. The molecule has 3 rings (SSSR count). The Kier molecular flexibility index (Phi) is 8.42. The molecule has 3 N–H and O–H groups in total. The highest BCUT2D eigenvalue weighted by atomic mass is 32.2. The van der Waals surface area contributed by atoms with Crippen molar-refractivity contribution < 1.29 is 22.7 Å². The molecule has 0 fully saturated rings. The Morgan fingerprint density at radius 1 is 0.909 bits per heavy atom. The number of nitrogens with zero attached hydrogens (tertiary/aromatic N) is 1. The van der Waals surface area contributed by atoms with Crippen LogP contribution >= 0.6 is 0 Å². The van der Waals surface area contributed by atoms with Crippen LogP contribution in [0.25, 0.3) is 0 Å². The average Bonchev–Trinajstić information content (AvgIpc) is 2.80. The maximum absolute atomic E-state index is 12.2. The van der Waals surface area contributed by atoms with E-state index in [9.17, 15) is 18.0 Å². The summed E-state index contributed by atoms with van der Waals surface area (Å²) < 4.78 is 31.5. The molecular formula is C24H25N3O5S. The SMILES string of the molecule is N[C@H](CC(=O)OC(=O)c1ccc(CCCc2ccncc2)cc1)NS(=O)(=O)c1ccccc1. The number of ether oxygens (including phenoxy) is 1. The summed E-state index contributed by atoms with van der Waals surface area (Å²) in [6, 6.07) is 18.4. The van der Waals surface area contributed by atoms with Gasteiger partial charge in [-0.25, -0.2) is 13.2 Å². The van der Waals surface area contributed by atoms with Crippen molar-refractivity contribution >= 4 is 22.0 Å². The first-order valence-corrected chi connectivity index (χ1v) is 11.9. The molecule has 0 bridgehead atoms. The number of benzene rings is 2. The van der Waals surface area contributed by atoms with Gasteiger partial charge >= 0.3 is 11.9 Å². The summed E-state index contributed by atoms with van der Waals surface area (Å²) in [5, 5.41) is 0. The van der Waals surface area contributed by atoms with Crippen LogP contribution < -0.4 is 10.5 Å². The van der Waals surface area contributed by atoms with Crippen molar-refractivity contribution in [3.8, 4) is 0 Å². The quantitative estimate of drug-likeness (QED) is 0.266. The first-order valence-electron chi connectivity index (χ1n) is 10.4. The van der Waals surface area contributed by atoms with Crippen molar-refractivity contribution in [2.75, 3.05) is 0 Å². The maximum atomic E-state index is 12.2. The number of pyridine rings is 1. The summed E-state index contributed by atoms with van der Waals surface area (Å²) in [6.07, 6.45) is 4.51. The lowest BCUT2D eigenvalue weighted by atomic mass is 10.0. The zero-order chi connectivity index (χ0) is 23.7. The number of aromatic nitrogens is 1. The molecule has 9 heteroatoms. The lowest BCUT2D eigenvalue weighted by molar-refractivity contribution is -0.138. The van der Waals surface area contributed by atoms with Gasteiger partial charge in [-0.1, -0.05) is 30.3 Å². The van der Waals surface area contributed by atoms with Crippen molar-refractivity contribution in [1.82, 2.24) is 9.71 Å². The van der Waals surface area contributed by atoms with Gasteiger partial charge in [-0.3, -0.25) is 9.78 Å². The van der Waals surface area contributed by atoms with Gasteiger partial charge in [0.15, 0.2) is 0 Å². The van der Waals surface area contributed by atoms with Gasteiger partial charge in [0.05, 0.1) is 23.0 Å². The minimum absolute atomic E-state index is 0.0192. The number of hydrogen-bond acceptors (Lipinski definition) is 7. The Balaban J connectivity index is 1.45. The molecule has 2 aromatic carbocycles. The number of esters is 2. The van der Waals surface area contributed by atoms with Crippen LogP contribution in [0.4, 0.5) is 0 Å². The van der Waals surface area contributed by atoms with E-state index in [2.05, 4.69) is 9.71 Å². The molecule has 0 radical (unpaired) electrons. The normalized spacial score (nSPS) is 12.2. The molecule has 172 valence electrons. The smallest absolute Gasteiger partial charge is 0.345 e. The van der Waals surface area contributed by atoms with Gasteiger partial charge in [-0.15, -0.1) is 0 Å². The molecule has 33 heavy (non-hydrogen) atoms. The standard InChI is InChI=1S/C24H25N3O5S/c25-22(27-33(30,31)21-7-2-1-3-8-21)17-23(28)32-24(29)20-11-9-18(10-12-20)5-4-6-19-13-15-26-16-14-19/h1-3,7-16,22,27H,4-6,17,25H2/t22-/m0/s1. The summed E-state index contributed by atoms with van der Waals surface area (Å²) in [6.45, 7) is 0. The topological polar surface area (TPSA) is 128 Å². The second kappa shape index (κ2) is 11.5. The first-order chi connectivity index (χ1) is 15.8. The van der Waals surface area contributed by atoms with E-state index in [0.29, 0.717) is 0 Å². The molecular weight excluding hydrogens is 442 g/mol. The summed E-state index contributed by atoms with van der Waals surface area (Å²) in [5.41, 5.74) is 8.21. The Morgan fingerprint density at radius 3 is 2.15 bits per heavy atom. The fraction of sp³-hybridized carbons (Fsp3) is 0.208. The molecule has 1 aromatic heterocycles. The molecule has 0 amide bonds. The number of hydrogen-bond donors (Lipinski definition) is 2. The highest BCUT2D eigenvalue weighted by molar-refractivity contribution is 7.89. The average molecular weight is 468 g/mol. The molecule has 3 aromatic rings. The third-order valence-corrected chi connectivity index (χ3v) is 6.33. The van der Waals surface area contributed by atoms with Crippen molar-refractivity contribution in [1.29, 1.82) is 0 Å². The number of rotatable bonds is 10. The van der Waals surface area contributed by atoms with Crippen LogP contribution in [0.5, 0.6) is 0 Å². The summed E-state index contributed by atoms with van der Waals surface area (Å²) >= 11 is 0. The van der Waals surface area contributed by atoms with Crippen LogP contribution in [0.1, 0.15) is 34.3 Å². The van der Waals surface area contributed by atoms with Gasteiger partial charge in [0.25, 0.3) is 0 Å². The van der Waals surface area contributed by atoms with Crippen molar-refractivity contribution in [2.45, 2.75) is 36.7 Å². The van der Waals surface area contributed by atoms with Crippen LogP contribution in [-0.2, 0) is 32.4 Å². The van der Waals surface area contributed by atoms with Crippen molar-refractivity contribution in [3.63, 3.8) is 0 Å². The van der Waals surface area contributed by atoms with Crippen LogP contribution in [0.15, 0.2) is 84.0 Å². The van der Waals surface area contributed by atoms with Crippen molar-refractivity contribution in [2.24, 2.45) is 5.73 Å². The van der Waals surface area contributed by atoms with Gasteiger partial charge in [0.1, 0.15) is 0 Å². The summed E-state index contributed by atoms with van der Waals surface area (Å²) in [7, 11) is -3.89. The van der Waals surface area contributed by atoms with Crippen LogP contribution in [0, 0.1) is 0 Å². The minimum Gasteiger partial charge on any atom is -0.389 e. The molecule has 0 saturated carbocycles. The Hall–Kier alpha value is -3.40. The fourth-order valence-corrected chi connectivity index (χ4v) is 4.28. The lowest BCUT2D eigenvalue weighted by Crippen LogP contribution is -2.43. The van der Waals surface area contributed by atoms with Gasteiger partial charge in [0.2, 0.25) is 10.0 Å². The second-order valence-corrected chi connectivity index (χ2v) is 9.13. The van der Waals surface area contributed by atoms with Crippen LogP contribution in [-0.4, -0.2) is 31.5 Å². The van der Waals surface area contributed by atoms with E-state index in [-0.39, 0.29) is 10.5 Å². The van der Waals surface area contributed by atoms with Gasteiger partial charge in [-0.2, -0.15) is 4.72 Å². The van der Waals surface area contributed by atoms with E-state index in [1.165, 1.54) is 17.7 Å². The number of nitrogens with one attached hydrogen (secondary N) is 1. The summed E-state index contributed by atoms with van der Waals surface area (Å²) in [5.74, 6) is -1.74. The van der Waals surface area contributed by atoms with Crippen LogP contribution in [0.3, 0.4) is 0 Å². The molecule has 1 heterocycles. The lowest BCUT2D eigenvalue weighted by Gasteiger charge is -2.13. The number of aryl methyl sites for hydroxylation is 2. The zero-order valence-corrected chi connectivity index (χ0v) is 18.7. The van der Waals surface area contributed by atoms with Gasteiger partial charge in [-0.05, 0) is 66.8 Å². The zero-order valence-electron chi connectivity index (χ0n) is 17.9. The molecule has 0 aliphatic heterocycles. The van der Waals surface area contributed by atoms with E-state index in [0.717, 1.165) is 24.8 Å². The fourth-order valence-electron chi connectivity index (χ4n) is 3.15. The van der Waals surface area contributed by atoms with Crippen molar-refractivity contribution in [3.05, 3.63) is 95.8 Å². The monoisotopic (exact) mass is 467 g/mol. The van der Waals surface area contributed by atoms with E-state index in [1.807, 2.05) is 24.3 Å².